The molecule has 0 aromatic heterocycles. The van der Waals surface area contributed by atoms with Crippen LogP contribution in [0.3, 0.4) is 0 Å². The van der Waals surface area contributed by atoms with Gasteiger partial charge in [0.2, 0.25) is 0 Å². The maximum absolute atomic E-state index is 11.7. The fraction of sp³-hybridized carbons (Fsp3) is 0.625. The molecule has 0 aromatic carbocycles. The van der Waals surface area contributed by atoms with Crippen LogP contribution in [0, 0.1) is 35.5 Å². The average molecular weight is 326 g/mol. The first kappa shape index (κ1) is 20.6. The Morgan fingerprint density at radius 3 is 1.59 bits per heavy atom. The van der Waals surface area contributed by atoms with Crippen LogP contribution >= 0.6 is 8.25 Å². The highest BCUT2D eigenvalue weighted by Crippen LogP contribution is 2.24. The van der Waals surface area contributed by atoms with Crippen molar-refractivity contribution < 1.29 is 23.2 Å². The van der Waals surface area contributed by atoms with Crippen molar-refractivity contribution in [2.75, 3.05) is 13.2 Å². The molecule has 0 saturated carbocycles. The molecule has 0 aliphatic carbocycles. The van der Waals surface area contributed by atoms with Gasteiger partial charge in [0.05, 0.1) is 0 Å². The Morgan fingerprint density at radius 2 is 1.27 bits per heavy atom. The number of Topliss-reactive ketones (excluding diaryl/α,β-unsaturated/α-hetero) is 2. The van der Waals surface area contributed by atoms with Gasteiger partial charge in [-0.2, -0.15) is 0 Å². The van der Waals surface area contributed by atoms with Gasteiger partial charge in [0.25, 0.3) is 0 Å². The molecular weight excluding hydrogens is 303 g/mol. The zero-order valence-corrected chi connectivity index (χ0v) is 14.5. The standard InChI is InChI=1S/C16H23O5P/c1-5-7-9-13(3)15(17)11-20-22(19)21-12-16(18)14(4)10-8-6-2/h13-14,22H,9-12H2,1-4H3. The van der Waals surface area contributed by atoms with Gasteiger partial charge in [-0.25, -0.2) is 0 Å². The molecule has 0 N–H and O–H groups in total. The summed E-state index contributed by atoms with van der Waals surface area (Å²) in [7, 11) is -2.85. The molecule has 0 heterocycles. The molecule has 5 nitrogen and oxygen atoms in total. The van der Waals surface area contributed by atoms with E-state index in [1.165, 1.54) is 0 Å². The van der Waals surface area contributed by atoms with Crippen LogP contribution in [0.2, 0.25) is 0 Å². The third-order valence-electron chi connectivity index (χ3n) is 2.93. The number of carbonyl (C=O) groups excluding carboxylic acids is 2. The second kappa shape index (κ2) is 12.2. The predicted molar refractivity (Wildman–Crippen MR) is 85.4 cm³/mol. The minimum absolute atomic E-state index is 0.192. The first-order chi connectivity index (χ1) is 10.4. The predicted octanol–water partition coefficient (Wildman–Crippen LogP) is 2.65. The molecule has 0 aromatic rings. The fourth-order valence-corrected chi connectivity index (χ4v) is 1.93. The highest BCUT2D eigenvalue weighted by atomic mass is 31.1. The van der Waals surface area contributed by atoms with Crippen LogP contribution in [0.15, 0.2) is 0 Å². The van der Waals surface area contributed by atoms with Gasteiger partial charge in [-0.3, -0.25) is 14.2 Å². The lowest BCUT2D eigenvalue weighted by Crippen LogP contribution is -2.17. The van der Waals surface area contributed by atoms with E-state index in [4.69, 9.17) is 9.05 Å². The quantitative estimate of drug-likeness (QED) is 0.456. The van der Waals surface area contributed by atoms with E-state index < -0.39 is 8.25 Å². The second-order valence-electron chi connectivity index (χ2n) is 4.82. The molecule has 0 aliphatic rings. The Bertz CT molecular complexity index is 472. The highest BCUT2D eigenvalue weighted by Gasteiger charge is 2.16. The van der Waals surface area contributed by atoms with Crippen LogP contribution in [-0.2, 0) is 23.2 Å². The Morgan fingerprint density at radius 1 is 0.909 bits per heavy atom. The number of hydrogen-bond acceptors (Lipinski definition) is 5. The first-order valence-corrected chi connectivity index (χ1v) is 8.29. The summed E-state index contributed by atoms with van der Waals surface area (Å²) >= 11 is 0. The molecule has 0 rings (SSSR count). The van der Waals surface area contributed by atoms with E-state index in [9.17, 15) is 14.2 Å². The Kier molecular flexibility index (Phi) is 11.4. The smallest absolute Gasteiger partial charge is 0.303 e. The number of rotatable bonds is 10. The lowest BCUT2D eigenvalue weighted by atomic mass is 10.0. The molecule has 0 saturated heterocycles. The van der Waals surface area contributed by atoms with Crippen LogP contribution < -0.4 is 0 Å². The molecule has 0 radical (unpaired) electrons. The van der Waals surface area contributed by atoms with Crippen LogP contribution in [0.1, 0.15) is 40.5 Å². The van der Waals surface area contributed by atoms with E-state index >= 15 is 0 Å². The number of carbonyl (C=O) groups is 2. The van der Waals surface area contributed by atoms with E-state index in [1.54, 1.807) is 27.7 Å². The van der Waals surface area contributed by atoms with Crippen molar-refractivity contribution in [2.24, 2.45) is 11.8 Å². The summed E-state index contributed by atoms with van der Waals surface area (Å²) in [4.78, 5) is 23.3. The molecule has 22 heavy (non-hydrogen) atoms. The summed E-state index contributed by atoms with van der Waals surface area (Å²) in [5.74, 6) is 10.1. The van der Waals surface area contributed by atoms with Gasteiger partial charge in [0.1, 0.15) is 13.2 Å². The van der Waals surface area contributed by atoms with Crippen molar-refractivity contribution in [3.63, 3.8) is 0 Å². The minimum atomic E-state index is -2.85. The summed E-state index contributed by atoms with van der Waals surface area (Å²) in [6, 6.07) is 0. The molecule has 6 heteroatoms. The van der Waals surface area contributed by atoms with Crippen molar-refractivity contribution in [3.8, 4) is 23.7 Å². The van der Waals surface area contributed by atoms with E-state index in [2.05, 4.69) is 23.7 Å². The lowest BCUT2D eigenvalue weighted by molar-refractivity contribution is -0.124. The normalized spacial score (nSPS) is 13.8. The van der Waals surface area contributed by atoms with E-state index in [1.807, 2.05) is 0 Å². The average Bonchev–Trinajstić information content (AvgIpc) is 2.52. The molecule has 122 valence electrons. The maximum atomic E-state index is 11.7. The van der Waals surface area contributed by atoms with E-state index in [0.717, 1.165) is 0 Å². The van der Waals surface area contributed by atoms with Crippen LogP contribution in [0.4, 0.5) is 0 Å². The summed E-state index contributed by atoms with van der Waals surface area (Å²) < 4.78 is 21.2. The molecule has 0 fully saturated rings. The Balaban J connectivity index is 4.03. The van der Waals surface area contributed by atoms with Crippen LogP contribution in [-0.4, -0.2) is 24.8 Å². The molecular formula is C16H23O5P. The van der Waals surface area contributed by atoms with Crippen molar-refractivity contribution in [3.05, 3.63) is 0 Å². The molecule has 2 unspecified atom stereocenters. The van der Waals surface area contributed by atoms with Crippen molar-refractivity contribution in [1.82, 2.24) is 0 Å². The molecule has 2 atom stereocenters. The summed E-state index contributed by atoms with van der Waals surface area (Å²) in [5.41, 5.74) is 0. The summed E-state index contributed by atoms with van der Waals surface area (Å²) in [6.07, 6.45) is 0.879. The lowest BCUT2D eigenvalue weighted by Gasteiger charge is -2.09. The van der Waals surface area contributed by atoms with Gasteiger partial charge in [0.15, 0.2) is 11.6 Å². The van der Waals surface area contributed by atoms with Gasteiger partial charge in [-0.15, -0.1) is 23.7 Å². The summed E-state index contributed by atoms with van der Waals surface area (Å²) in [5, 5.41) is 0. The van der Waals surface area contributed by atoms with Gasteiger partial charge in [0, 0.05) is 24.7 Å². The molecule has 0 aliphatic heterocycles. The fourth-order valence-electron chi connectivity index (χ4n) is 1.32. The largest absolute Gasteiger partial charge is 0.319 e. The van der Waals surface area contributed by atoms with Gasteiger partial charge >= 0.3 is 8.25 Å². The van der Waals surface area contributed by atoms with Crippen molar-refractivity contribution >= 4 is 19.8 Å². The second-order valence-corrected chi connectivity index (χ2v) is 5.90. The zero-order chi connectivity index (χ0) is 17.0. The molecule has 0 bridgehead atoms. The van der Waals surface area contributed by atoms with Crippen LogP contribution in [0.5, 0.6) is 0 Å². The third kappa shape index (κ3) is 9.53. The number of hydrogen-bond donors (Lipinski definition) is 0. The summed E-state index contributed by atoms with van der Waals surface area (Å²) in [6.45, 7) is 6.27. The highest BCUT2D eigenvalue weighted by molar-refractivity contribution is 7.33. The van der Waals surface area contributed by atoms with Gasteiger partial charge in [-0.1, -0.05) is 13.8 Å². The number of ketones is 2. The topological polar surface area (TPSA) is 69.7 Å². The van der Waals surface area contributed by atoms with Crippen molar-refractivity contribution in [2.45, 2.75) is 40.5 Å². The van der Waals surface area contributed by atoms with Crippen molar-refractivity contribution in [1.29, 1.82) is 0 Å². The van der Waals surface area contributed by atoms with E-state index in [-0.39, 0.29) is 36.6 Å². The van der Waals surface area contributed by atoms with Gasteiger partial charge < -0.3 is 9.05 Å². The Hall–Kier alpha value is -1.39. The van der Waals surface area contributed by atoms with Crippen LogP contribution in [0.25, 0.3) is 0 Å². The minimum Gasteiger partial charge on any atom is -0.303 e. The molecule has 0 spiro atoms. The maximum Gasteiger partial charge on any atom is 0.319 e. The molecule has 0 amide bonds. The monoisotopic (exact) mass is 326 g/mol. The van der Waals surface area contributed by atoms with Gasteiger partial charge in [-0.05, 0) is 13.8 Å². The SMILES string of the molecule is CC#CCC(C)C(=O)CO[PH](=O)OCC(=O)C(C)CC#CC. The first-order valence-electron chi connectivity index (χ1n) is 7.06. The van der Waals surface area contributed by atoms with E-state index in [0.29, 0.717) is 12.8 Å². The third-order valence-corrected chi connectivity index (χ3v) is 3.69. The zero-order valence-electron chi connectivity index (χ0n) is 13.5. The Labute approximate surface area is 133 Å².